The summed E-state index contributed by atoms with van der Waals surface area (Å²) < 4.78 is 16.8. The molecule has 0 radical (unpaired) electrons. The van der Waals surface area contributed by atoms with Crippen LogP contribution in [0.3, 0.4) is 0 Å². The maximum Gasteiger partial charge on any atom is 0.306 e. The highest BCUT2D eigenvalue weighted by atomic mass is 16.6. The van der Waals surface area contributed by atoms with Crippen LogP contribution in [0.25, 0.3) is 0 Å². The summed E-state index contributed by atoms with van der Waals surface area (Å²) in [7, 11) is 0. The highest BCUT2D eigenvalue weighted by Crippen LogP contribution is 2.16. The minimum absolute atomic E-state index is 0.0740. The first-order chi connectivity index (χ1) is 32.5. The van der Waals surface area contributed by atoms with Crippen LogP contribution in [-0.2, 0) is 28.6 Å². The van der Waals surface area contributed by atoms with Crippen molar-refractivity contribution in [1.29, 1.82) is 0 Å². The molecule has 66 heavy (non-hydrogen) atoms. The molecule has 0 amide bonds. The van der Waals surface area contributed by atoms with Crippen molar-refractivity contribution >= 4 is 17.9 Å². The number of carbonyl (C=O) groups excluding carboxylic acids is 3. The van der Waals surface area contributed by atoms with Crippen molar-refractivity contribution in [2.45, 2.75) is 290 Å². The van der Waals surface area contributed by atoms with E-state index in [2.05, 4.69) is 81.5 Å². The molecule has 1 unspecified atom stereocenters. The predicted molar refractivity (Wildman–Crippen MR) is 284 cm³/mol. The summed E-state index contributed by atoms with van der Waals surface area (Å²) in [5.74, 6) is -0.880. The highest BCUT2D eigenvalue weighted by Gasteiger charge is 2.19. The Balaban J connectivity index is 4.04. The first-order valence-corrected chi connectivity index (χ1v) is 28.3. The Bertz CT molecular complexity index is 1200. The van der Waals surface area contributed by atoms with E-state index in [1.165, 1.54) is 141 Å². The molecular formula is C60H106O6. The topological polar surface area (TPSA) is 78.9 Å². The van der Waals surface area contributed by atoms with Crippen molar-refractivity contribution in [1.82, 2.24) is 0 Å². The number of rotatable bonds is 51. The molecular weight excluding hydrogens is 817 g/mol. The fourth-order valence-electron chi connectivity index (χ4n) is 8.03. The number of unbranched alkanes of at least 4 members (excludes halogenated alkanes) is 30. The Hall–Kier alpha value is -2.89. The van der Waals surface area contributed by atoms with E-state index >= 15 is 0 Å². The third kappa shape index (κ3) is 52.1. The summed E-state index contributed by atoms with van der Waals surface area (Å²) in [6.45, 7) is 6.45. The maximum absolute atomic E-state index is 12.7. The molecule has 0 aliphatic carbocycles. The number of allylic oxidation sites excluding steroid dienone is 10. The van der Waals surface area contributed by atoms with Crippen molar-refractivity contribution in [2.75, 3.05) is 13.2 Å². The third-order valence-corrected chi connectivity index (χ3v) is 12.2. The molecule has 0 aliphatic rings. The summed E-state index contributed by atoms with van der Waals surface area (Å²) in [6.07, 6.45) is 68.1. The molecule has 0 fully saturated rings. The standard InChI is InChI=1S/C60H106O6/c1-4-7-10-13-16-19-21-22-23-24-25-26-27-28-29-30-31-32-33-34-35-36-37-38-39-42-44-47-50-53-59(62)65-56-57(55-64-58(61)52-49-46-43-40-18-15-12-9-6-3)66-60(63)54-51-48-45-41-20-17-14-11-8-5-2/h7,10-11,14,16,19,22-23,25-26,57H,4-6,8-9,12-13,15,17-18,20-21,24,27-56H2,1-3H3/b10-7-,14-11-,19-16-,23-22-,26-25-. The van der Waals surface area contributed by atoms with E-state index in [1.807, 2.05) is 0 Å². The highest BCUT2D eigenvalue weighted by molar-refractivity contribution is 5.71. The van der Waals surface area contributed by atoms with Crippen LogP contribution in [0.1, 0.15) is 284 Å². The molecule has 0 rings (SSSR count). The smallest absolute Gasteiger partial charge is 0.306 e. The molecule has 1 atom stereocenters. The molecule has 0 N–H and O–H groups in total. The van der Waals surface area contributed by atoms with Crippen LogP contribution in [0.5, 0.6) is 0 Å². The molecule has 0 saturated heterocycles. The molecule has 382 valence electrons. The van der Waals surface area contributed by atoms with Crippen LogP contribution >= 0.6 is 0 Å². The summed E-state index contributed by atoms with van der Waals surface area (Å²) in [6, 6.07) is 0. The van der Waals surface area contributed by atoms with Gasteiger partial charge in [-0.3, -0.25) is 14.4 Å². The van der Waals surface area contributed by atoms with Crippen molar-refractivity contribution in [3.63, 3.8) is 0 Å². The Morgan fingerprint density at radius 3 is 1.00 bits per heavy atom. The second-order valence-corrected chi connectivity index (χ2v) is 18.8. The quantitative estimate of drug-likeness (QED) is 0.0262. The second kappa shape index (κ2) is 54.7. The van der Waals surface area contributed by atoms with Crippen LogP contribution in [0.2, 0.25) is 0 Å². The minimum Gasteiger partial charge on any atom is -0.462 e. The van der Waals surface area contributed by atoms with E-state index in [0.717, 1.165) is 103 Å². The van der Waals surface area contributed by atoms with Crippen LogP contribution in [-0.4, -0.2) is 37.2 Å². The molecule has 0 heterocycles. The van der Waals surface area contributed by atoms with Crippen LogP contribution in [0.4, 0.5) is 0 Å². The van der Waals surface area contributed by atoms with E-state index in [4.69, 9.17) is 14.2 Å². The van der Waals surface area contributed by atoms with Crippen LogP contribution in [0, 0.1) is 0 Å². The molecule has 6 heteroatoms. The molecule has 0 aliphatic heterocycles. The number of hydrogen-bond donors (Lipinski definition) is 0. The van der Waals surface area contributed by atoms with Crippen molar-refractivity contribution < 1.29 is 28.6 Å². The first-order valence-electron chi connectivity index (χ1n) is 28.3. The molecule has 6 nitrogen and oxygen atoms in total. The molecule has 0 aromatic heterocycles. The van der Waals surface area contributed by atoms with E-state index < -0.39 is 6.10 Å². The Morgan fingerprint density at radius 1 is 0.318 bits per heavy atom. The zero-order valence-corrected chi connectivity index (χ0v) is 43.7. The molecule has 0 aromatic rings. The van der Waals surface area contributed by atoms with Crippen LogP contribution in [0.15, 0.2) is 60.8 Å². The molecule has 0 bridgehead atoms. The fraction of sp³-hybridized carbons (Fsp3) is 0.783. The van der Waals surface area contributed by atoms with Crippen molar-refractivity contribution in [2.24, 2.45) is 0 Å². The van der Waals surface area contributed by atoms with Gasteiger partial charge in [0, 0.05) is 19.3 Å². The van der Waals surface area contributed by atoms with Gasteiger partial charge in [0.05, 0.1) is 0 Å². The summed E-state index contributed by atoms with van der Waals surface area (Å²) in [4.78, 5) is 37.9. The fourth-order valence-corrected chi connectivity index (χ4v) is 8.03. The van der Waals surface area contributed by atoms with Gasteiger partial charge < -0.3 is 14.2 Å². The number of hydrogen-bond acceptors (Lipinski definition) is 6. The van der Waals surface area contributed by atoms with Gasteiger partial charge in [-0.25, -0.2) is 0 Å². The summed E-state index contributed by atoms with van der Waals surface area (Å²) in [5, 5.41) is 0. The van der Waals surface area contributed by atoms with Gasteiger partial charge in [-0.2, -0.15) is 0 Å². The monoisotopic (exact) mass is 923 g/mol. The Labute approximate surface area is 409 Å². The number of ether oxygens (including phenoxy) is 3. The van der Waals surface area contributed by atoms with E-state index in [-0.39, 0.29) is 31.1 Å². The van der Waals surface area contributed by atoms with Gasteiger partial charge in [-0.15, -0.1) is 0 Å². The molecule has 0 aromatic carbocycles. The van der Waals surface area contributed by atoms with E-state index in [9.17, 15) is 14.4 Å². The van der Waals surface area contributed by atoms with Crippen LogP contribution < -0.4 is 0 Å². The maximum atomic E-state index is 12.7. The first kappa shape index (κ1) is 63.1. The normalized spacial score (nSPS) is 12.5. The van der Waals surface area contributed by atoms with Crippen molar-refractivity contribution in [3.05, 3.63) is 60.8 Å². The summed E-state index contributed by atoms with van der Waals surface area (Å²) in [5.41, 5.74) is 0. The van der Waals surface area contributed by atoms with E-state index in [0.29, 0.717) is 19.3 Å². The predicted octanol–water partition coefficient (Wildman–Crippen LogP) is 18.8. The zero-order valence-electron chi connectivity index (χ0n) is 43.7. The lowest BCUT2D eigenvalue weighted by molar-refractivity contribution is -0.167. The van der Waals surface area contributed by atoms with Gasteiger partial charge in [0.1, 0.15) is 13.2 Å². The van der Waals surface area contributed by atoms with E-state index in [1.54, 1.807) is 0 Å². The minimum atomic E-state index is -0.772. The largest absolute Gasteiger partial charge is 0.462 e. The SMILES string of the molecule is CC/C=C\C/C=C\C/C=C\C/C=C\CCCCCCCCCCCCCCCCCCC(=O)OCC(COC(=O)CCCCCCCCCCC)OC(=O)CCCCCCC/C=C\CCC. The van der Waals surface area contributed by atoms with Crippen molar-refractivity contribution in [3.8, 4) is 0 Å². The van der Waals surface area contributed by atoms with Gasteiger partial charge in [0.15, 0.2) is 6.10 Å². The molecule has 0 saturated carbocycles. The van der Waals surface area contributed by atoms with Gasteiger partial charge in [-0.05, 0) is 77.0 Å². The van der Waals surface area contributed by atoms with Gasteiger partial charge >= 0.3 is 17.9 Å². The Morgan fingerprint density at radius 2 is 0.621 bits per heavy atom. The lowest BCUT2D eigenvalue weighted by Gasteiger charge is -2.18. The average Bonchev–Trinajstić information content (AvgIpc) is 3.31. The second-order valence-electron chi connectivity index (χ2n) is 18.8. The molecule has 0 spiro atoms. The lowest BCUT2D eigenvalue weighted by Crippen LogP contribution is -2.30. The number of esters is 3. The zero-order chi connectivity index (χ0) is 47.9. The Kier molecular flexibility index (Phi) is 52.3. The van der Waals surface area contributed by atoms with Gasteiger partial charge in [0.2, 0.25) is 0 Å². The lowest BCUT2D eigenvalue weighted by atomic mass is 10.0. The summed E-state index contributed by atoms with van der Waals surface area (Å²) >= 11 is 0. The number of carbonyl (C=O) groups is 3. The average molecular weight is 924 g/mol. The van der Waals surface area contributed by atoms with Gasteiger partial charge in [0.25, 0.3) is 0 Å². The third-order valence-electron chi connectivity index (χ3n) is 12.2. The van der Waals surface area contributed by atoms with Gasteiger partial charge in [-0.1, -0.05) is 248 Å².